The fraction of sp³-hybridized carbons (Fsp3) is 0.833. The molecule has 34 heavy (non-hydrogen) atoms. The number of carbonyl (C=O) groups is 1. The van der Waals surface area contributed by atoms with E-state index < -0.39 is 44.4 Å². The van der Waals surface area contributed by atoms with Crippen LogP contribution in [0.25, 0.3) is 0 Å². The Kier molecular flexibility index (Phi) is 13.0. The van der Waals surface area contributed by atoms with Crippen LogP contribution >= 0.6 is 0 Å². The fourth-order valence-electron chi connectivity index (χ4n) is 4.45. The van der Waals surface area contributed by atoms with Crippen molar-refractivity contribution in [2.75, 3.05) is 13.1 Å². The van der Waals surface area contributed by atoms with Crippen LogP contribution in [0.1, 0.15) is 65.0 Å². The third kappa shape index (κ3) is 10.1. The molecule has 0 aromatic carbocycles. The first kappa shape index (κ1) is 31.3. The molecule has 0 saturated carbocycles. The van der Waals surface area contributed by atoms with Crippen LogP contribution in [0.4, 0.5) is 18.0 Å². The van der Waals surface area contributed by atoms with Crippen LogP contribution in [-0.4, -0.2) is 65.4 Å². The van der Waals surface area contributed by atoms with Gasteiger partial charge in [-0.1, -0.05) is 0 Å². The number of nitrogens with zero attached hydrogens (tertiary/aromatic N) is 3. The third-order valence-corrected chi connectivity index (χ3v) is 23.8. The quantitative estimate of drug-likeness (QED) is 0.200. The minimum atomic E-state index is -4.50. The summed E-state index contributed by atoms with van der Waals surface area (Å²) in [6.07, 6.45) is 0.680. The average molecular weight is 612 g/mol. The van der Waals surface area contributed by atoms with Gasteiger partial charge in [-0.3, -0.25) is 0 Å². The van der Waals surface area contributed by atoms with Crippen molar-refractivity contribution in [1.82, 2.24) is 14.7 Å². The van der Waals surface area contributed by atoms with Gasteiger partial charge in [0.15, 0.2) is 0 Å². The van der Waals surface area contributed by atoms with Crippen molar-refractivity contribution in [1.29, 1.82) is 0 Å². The Hall–Kier alpha value is -0.714. The molecule has 0 spiro atoms. The summed E-state index contributed by atoms with van der Waals surface area (Å²) in [4.78, 5) is 13.2. The van der Waals surface area contributed by atoms with E-state index in [1.54, 1.807) is 4.68 Å². The van der Waals surface area contributed by atoms with Gasteiger partial charge in [-0.25, -0.2) is 0 Å². The standard InChI is InChI=1S/C12H19F3N3O2Si.3C4H9.Sn/c1-21(2,3)9-8-17(11(19)20)6-7-18-5-4-10(16-18)12(13,14)15;3*1-3-4-2;/h4H,6-9H2,1-3H3,(H,19,20);3*1,3-4H2,2H3;. The van der Waals surface area contributed by atoms with Crippen molar-refractivity contribution in [3.63, 3.8) is 0 Å². The fourth-order valence-corrected chi connectivity index (χ4v) is 21.8. The molecule has 0 fully saturated rings. The van der Waals surface area contributed by atoms with E-state index in [9.17, 15) is 23.1 Å². The van der Waals surface area contributed by atoms with Crippen molar-refractivity contribution in [3.8, 4) is 0 Å². The average Bonchev–Trinajstić information content (AvgIpc) is 3.18. The molecule has 1 aromatic heterocycles. The van der Waals surface area contributed by atoms with Crippen LogP contribution in [0.2, 0.25) is 39.0 Å². The summed E-state index contributed by atoms with van der Waals surface area (Å²) in [6, 6.07) is 2.16. The van der Waals surface area contributed by atoms with Gasteiger partial charge in [-0.15, -0.1) is 0 Å². The normalized spacial score (nSPS) is 12.9. The van der Waals surface area contributed by atoms with Gasteiger partial charge in [-0.2, -0.15) is 0 Å². The van der Waals surface area contributed by atoms with Crippen molar-refractivity contribution < 1.29 is 23.1 Å². The molecule has 1 rings (SSSR count). The Bertz CT molecular complexity index is 729. The summed E-state index contributed by atoms with van der Waals surface area (Å²) < 4.78 is 46.8. The molecule has 0 unspecified atom stereocenters. The van der Waals surface area contributed by atoms with E-state index in [4.69, 9.17) is 0 Å². The van der Waals surface area contributed by atoms with E-state index in [1.165, 1.54) is 11.0 Å². The van der Waals surface area contributed by atoms with E-state index in [1.807, 2.05) is 0 Å². The summed E-state index contributed by atoms with van der Waals surface area (Å²) in [5.41, 5.74) is -0.822. The van der Waals surface area contributed by atoms with Crippen LogP contribution in [-0.2, 0) is 12.7 Å². The number of carboxylic acid groups (broad SMARTS) is 1. The summed E-state index contributed by atoms with van der Waals surface area (Å²) in [7, 11) is -1.45. The second kappa shape index (κ2) is 14.1. The van der Waals surface area contributed by atoms with Gasteiger partial charge in [0, 0.05) is 0 Å². The van der Waals surface area contributed by atoms with Crippen molar-refractivity contribution >= 4 is 36.3 Å². The van der Waals surface area contributed by atoms with Gasteiger partial charge in [0.2, 0.25) is 0 Å². The first-order valence-electron chi connectivity index (χ1n) is 12.9. The number of alkyl halides is 3. The molecule has 1 N–H and O–H groups in total. The predicted molar refractivity (Wildman–Crippen MR) is 140 cm³/mol. The molecule has 0 radical (unpaired) electrons. The SMILES string of the molecule is CCC[CH2][Sn]([CH2]CCC)([CH2]CCC)[c]1cc(C(F)(F)F)nn1CCN(CC[Si](C)(C)C)C(=O)O. The number of rotatable bonds is 16. The molecule has 5 nitrogen and oxygen atoms in total. The Labute approximate surface area is 209 Å². The molecule has 0 aliphatic heterocycles. The van der Waals surface area contributed by atoms with Crippen molar-refractivity contribution in [2.24, 2.45) is 0 Å². The first-order chi connectivity index (χ1) is 15.8. The number of unbranched alkanes of at least 4 members (excludes halogenated alkanes) is 3. The monoisotopic (exact) mass is 613 g/mol. The van der Waals surface area contributed by atoms with Crippen molar-refractivity contribution in [2.45, 2.75) is 111 Å². The van der Waals surface area contributed by atoms with Crippen LogP contribution in [0.5, 0.6) is 0 Å². The summed E-state index contributed by atoms with van der Waals surface area (Å²) in [6.45, 7) is 13.7. The zero-order valence-corrected chi connectivity index (χ0v) is 26.0. The van der Waals surface area contributed by atoms with E-state index in [0.717, 1.165) is 61.6 Å². The van der Waals surface area contributed by atoms with Gasteiger partial charge < -0.3 is 0 Å². The van der Waals surface area contributed by atoms with E-state index in [-0.39, 0.29) is 13.1 Å². The van der Waals surface area contributed by atoms with E-state index in [0.29, 0.717) is 6.54 Å². The molecule has 198 valence electrons. The summed E-state index contributed by atoms with van der Waals surface area (Å²) in [5.74, 6) is 0. The summed E-state index contributed by atoms with van der Waals surface area (Å²) >= 11 is -3.20. The van der Waals surface area contributed by atoms with Gasteiger partial charge in [-0.05, 0) is 0 Å². The molecule has 0 atom stereocenters. The maximum atomic E-state index is 13.8. The van der Waals surface area contributed by atoms with Crippen LogP contribution in [0, 0.1) is 0 Å². The number of hydrogen-bond donors (Lipinski definition) is 1. The van der Waals surface area contributed by atoms with Gasteiger partial charge in [0.05, 0.1) is 0 Å². The van der Waals surface area contributed by atoms with Gasteiger partial charge in [0.25, 0.3) is 0 Å². The van der Waals surface area contributed by atoms with E-state index in [2.05, 4.69) is 45.5 Å². The number of halogens is 3. The molecule has 0 saturated heterocycles. The third-order valence-electron chi connectivity index (χ3n) is 6.62. The van der Waals surface area contributed by atoms with Crippen LogP contribution in [0.15, 0.2) is 6.07 Å². The van der Waals surface area contributed by atoms with Crippen LogP contribution in [0.3, 0.4) is 0 Å². The van der Waals surface area contributed by atoms with Crippen LogP contribution < -0.4 is 3.71 Å². The minimum absolute atomic E-state index is 0.170. The second-order valence-corrected chi connectivity index (χ2v) is 29.5. The Morgan fingerprint density at radius 1 is 1.03 bits per heavy atom. The Morgan fingerprint density at radius 3 is 1.91 bits per heavy atom. The zero-order valence-electron chi connectivity index (χ0n) is 22.1. The molecular weight excluding hydrogens is 566 g/mol. The van der Waals surface area contributed by atoms with E-state index >= 15 is 0 Å². The molecule has 0 aliphatic carbocycles. The molecule has 1 aromatic rings. The second-order valence-electron chi connectivity index (χ2n) is 10.8. The number of hydrogen-bond acceptors (Lipinski definition) is 2. The first-order valence-corrected chi connectivity index (χ1v) is 24.1. The predicted octanol–water partition coefficient (Wildman–Crippen LogP) is 7.28. The Morgan fingerprint density at radius 2 is 1.53 bits per heavy atom. The zero-order chi connectivity index (χ0) is 26.0. The topological polar surface area (TPSA) is 58.4 Å². The molecule has 0 aliphatic rings. The molecular formula is C24H46F3N3O2SiSn. The van der Waals surface area contributed by atoms with Gasteiger partial charge in [0.1, 0.15) is 0 Å². The number of amides is 1. The molecule has 10 heteroatoms. The van der Waals surface area contributed by atoms with Crippen molar-refractivity contribution in [3.05, 3.63) is 11.8 Å². The molecule has 1 heterocycles. The summed E-state index contributed by atoms with van der Waals surface area (Å²) in [5, 5.41) is 13.8. The molecule has 1 amide bonds. The number of aromatic nitrogens is 2. The molecule has 0 bridgehead atoms. The maximum absolute atomic E-state index is 13.8. The van der Waals surface area contributed by atoms with Gasteiger partial charge >= 0.3 is 210 Å². The Balaban J connectivity index is 3.40.